The Labute approximate surface area is 144 Å². The number of hydrogen-bond acceptors (Lipinski definition) is 4. The highest BCUT2D eigenvalue weighted by Gasteiger charge is 2.60. The molecule has 1 saturated carbocycles. The molecule has 0 saturated heterocycles. The van der Waals surface area contributed by atoms with Crippen molar-refractivity contribution < 1.29 is 24.5 Å². The van der Waals surface area contributed by atoms with Crippen molar-refractivity contribution in [3.63, 3.8) is 0 Å². The van der Waals surface area contributed by atoms with Crippen LogP contribution in [-0.2, 0) is 10.2 Å². The molecule has 1 heterocycles. The molecule has 6 nitrogen and oxygen atoms in total. The van der Waals surface area contributed by atoms with Gasteiger partial charge in [0, 0.05) is 22.6 Å². The molecule has 0 aromatic heterocycles. The van der Waals surface area contributed by atoms with Crippen molar-refractivity contribution in [2.45, 2.75) is 18.3 Å². The van der Waals surface area contributed by atoms with E-state index < -0.39 is 5.97 Å². The summed E-state index contributed by atoms with van der Waals surface area (Å²) in [5, 5.41) is 21.4. The molecule has 0 radical (unpaired) electrons. The Balaban J connectivity index is 1.55. The van der Waals surface area contributed by atoms with Crippen LogP contribution >= 0.6 is 0 Å². The average molecular weight is 339 g/mol. The summed E-state index contributed by atoms with van der Waals surface area (Å²) < 4.78 is 5.68. The van der Waals surface area contributed by atoms with Crippen LogP contribution in [0.3, 0.4) is 0 Å². The zero-order chi connectivity index (χ0) is 17.6. The van der Waals surface area contributed by atoms with Gasteiger partial charge in [-0.3, -0.25) is 4.79 Å². The number of carboxylic acids is 1. The number of anilines is 1. The summed E-state index contributed by atoms with van der Waals surface area (Å²) in [6.07, 6.45) is 1.54. The summed E-state index contributed by atoms with van der Waals surface area (Å²) >= 11 is 0. The van der Waals surface area contributed by atoms with Crippen molar-refractivity contribution in [2.24, 2.45) is 5.92 Å². The van der Waals surface area contributed by atoms with Gasteiger partial charge in [-0.1, -0.05) is 18.2 Å². The number of carbonyl (C=O) groups excluding carboxylic acids is 1. The van der Waals surface area contributed by atoms with Gasteiger partial charge < -0.3 is 20.3 Å². The Hall–Kier alpha value is -3.02. The number of para-hydroxylation sites is 1. The molecule has 2 aromatic rings. The van der Waals surface area contributed by atoms with E-state index in [4.69, 9.17) is 9.84 Å². The molecule has 1 spiro atoms. The van der Waals surface area contributed by atoms with E-state index in [1.165, 1.54) is 18.2 Å². The molecule has 0 bridgehead atoms. The number of carboxylic acid groups (broad SMARTS) is 1. The van der Waals surface area contributed by atoms with E-state index in [1.807, 2.05) is 24.3 Å². The molecule has 2 aliphatic rings. The molecule has 2 unspecified atom stereocenters. The van der Waals surface area contributed by atoms with Gasteiger partial charge in [0.2, 0.25) is 5.91 Å². The largest absolute Gasteiger partial charge is 0.507 e. The minimum atomic E-state index is -1.24. The summed E-state index contributed by atoms with van der Waals surface area (Å²) in [6, 6.07) is 11.8. The predicted molar refractivity (Wildman–Crippen MR) is 90.0 cm³/mol. The van der Waals surface area contributed by atoms with Gasteiger partial charge in [-0.2, -0.15) is 0 Å². The van der Waals surface area contributed by atoms with Crippen LogP contribution in [0, 0.1) is 5.92 Å². The molecule has 25 heavy (non-hydrogen) atoms. The number of benzene rings is 2. The number of rotatable bonds is 3. The lowest BCUT2D eigenvalue weighted by Gasteiger charge is -2.26. The Morgan fingerprint density at radius 2 is 2.00 bits per heavy atom. The highest BCUT2D eigenvalue weighted by Crippen LogP contribution is 2.60. The van der Waals surface area contributed by atoms with Gasteiger partial charge in [0.1, 0.15) is 17.1 Å². The molecule has 6 heteroatoms. The maximum Gasteiger partial charge on any atom is 0.339 e. The number of aromatic hydroxyl groups is 1. The third kappa shape index (κ3) is 2.50. The number of phenols is 1. The number of amides is 1. The van der Waals surface area contributed by atoms with Crippen molar-refractivity contribution in [1.82, 2.24) is 0 Å². The Morgan fingerprint density at radius 1 is 1.20 bits per heavy atom. The Bertz CT molecular complexity index is 878. The van der Waals surface area contributed by atoms with Crippen LogP contribution in [0.25, 0.3) is 0 Å². The minimum absolute atomic E-state index is 0.140. The summed E-state index contributed by atoms with van der Waals surface area (Å²) in [5.41, 5.74) is 1.01. The van der Waals surface area contributed by atoms with E-state index in [2.05, 4.69) is 5.32 Å². The third-order valence-electron chi connectivity index (χ3n) is 5.12. The van der Waals surface area contributed by atoms with Crippen molar-refractivity contribution in [1.29, 1.82) is 0 Å². The lowest BCUT2D eigenvalue weighted by atomic mass is 9.87. The van der Waals surface area contributed by atoms with Gasteiger partial charge in [-0.25, -0.2) is 4.79 Å². The Kier molecular flexibility index (Phi) is 3.42. The van der Waals surface area contributed by atoms with Crippen LogP contribution < -0.4 is 10.1 Å². The number of nitrogens with one attached hydrogen (secondary N) is 1. The summed E-state index contributed by atoms with van der Waals surface area (Å²) in [4.78, 5) is 23.8. The highest BCUT2D eigenvalue weighted by molar-refractivity contribution is 5.98. The number of hydrogen-bond donors (Lipinski definition) is 3. The third-order valence-corrected chi connectivity index (χ3v) is 5.12. The summed E-state index contributed by atoms with van der Waals surface area (Å²) in [7, 11) is 0. The van der Waals surface area contributed by atoms with Gasteiger partial charge in [-0.05, 0) is 37.1 Å². The maximum atomic E-state index is 12.7. The molecular formula is C19H17NO5. The average Bonchev–Trinajstić information content (AvgIpc) is 3.32. The van der Waals surface area contributed by atoms with Crippen LogP contribution in [0.1, 0.15) is 28.8 Å². The number of aromatic carboxylic acids is 1. The summed E-state index contributed by atoms with van der Waals surface area (Å²) in [5.74, 6) is -1.04. The first-order valence-electron chi connectivity index (χ1n) is 8.11. The lowest BCUT2D eigenvalue weighted by molar-refractivity contribution is -0.117. The van der Waals surface area contributed by atoms with E-state index in [-0.39, 0.29) is 28.6 Å². The van der Waals surface area contributed by atoms with Gasteiger partial charge in [0.05, 0.1) is 6.61 Å². The van der Waals surface area contributed by atoms with Gasteiger partial charge in [0.25, 0.3) is 0 Å². The van der Waals surface area contributed by atoms with E-state index in [0.717, 1.165) is 24.2 Å². The molecule has 4 rings (SSSR count). The fourth-order valence-corrected chi connectivity index (χ4v) is 3.72. The van der Waals surface area contributed by atoms with Crippen LogP contribution in [0.5, 0.6) is 11.5 Å². The SMILES string of the molecule is O=C(O)c1cc(NC(=O)C2CC23CCOc2ccccc23)ccc1O. The van der Waals surface area contributed by atoms with Crippen molar-refractivity contribution in [2.75, 3.05) is 11.9 Å². The van der Waals surface area contributed by atoms with E-state index in [0.29, 0.717) is 12.3 Å². The van der Waals surface area contributed by atoms with Crippen molar-refractivity contribution >= 4 is 17.6 Å². The zero-order valence-electron chi connectivity index (χ0n) is 13.4. The molecular weight excluding hydrogens is 322 g/mol. The second kappa shape index (κ2) is 5.51. The fourth-order valence-electron chi connectivity index (χ4n) is 3.72. The van der Waals surface area contributed by atoms with Gasteiger partial charge in [0.15, 0.2) is 0 Å². The first-order chi connectivity index (χ1) is 12.0. The Morgan fingerprint density at radius 3 is 2.80 bits per heavy atom. The van der Waals surface area contributed by atoms with Crippen molar-refractivity contribution in [3.05, 3.63) is 53.6 Å². The lowest BCUT2D eigenvalue weighted by Crippen LogP contribution is -2.26. The van der Waals surface area contributed by atoms with E-state index in [1.54, 1.807) is 0 Å². The fraction of sp³-hybridized carbons (Fsp3) is 0.263. The molecule has 3 N–H and O–H groups in total. The topological polar surface area (TPSA) is 95.9 Å². The first kappa shape index (κ1) is 15.5. The number of ether oxygens (including phenoxy) is 1. The standard InChI is InChI=1S/C19H17NO5/c21-15-6-5-11(9-12(15)18(23)24)20-17(22)14-10-19(14)7-8-25-16-4-2-1-3-13(16)19/h1-6,9,14,21H,7-8,10H2,(H,20,22)(H,23,24). The first-order valence-corrected chi connectivity index (χ1v) is 8.11. The van der Waals surface area contributed by atoms with E-state index in [9.17, 15) is 14.7 Å². The summed E-state index contributed by atoms with van der Waals surface area (Å²) in [6.45, 7) is 0.586. The number of fused-ring (bicyclic) bond motifs is 2. The second-order valence-electron chi connectivity index (χ2n) is 6.53. The smallest absolute Gasteiger partial charge is 0.339 e. The molecule has 1 aliphatic heterocycles. The van der Waals surface area contributed by atoms with Crippen LogP contribution in [-0.4, -0.2) is 28.7 Å². The molecule has 1 amide bonds. The normalized spacial score (nSPS) is 23.4. The van der Waals surface area contributed by atoms with E-state index >= 15 is 0 Å². The molecule has 1 aliphatic carbocycles. The van der Waals surface area contributed by atoms with Crippen LogP contribution in [0.4, 0.5) is 5.69 Å². The van der Waals surface area contributed by atoms with Crippen LogP contribution in [0.15, 0.2) is 42.5 Å². The highest BCUT2D eigenvalue weighted by atomic mass is 16.5. The second-order valence-corrected chi connectivity index (χ2v) is 6.53. The molecule has 1 fully saturated rings. The minimum Gasteiger partial charge on any atom is -0.507 e. The predicted octanol–water partition coefficient (Wildman–Crippen LogP) is 2.77. The van der Waals surface area contributed by atoms with Crippen molar-refractivity contribution in [3.8, 4) is 11.5 Å². The molecule has 128 valence electrons. The van der Waals surface area contributed by atoms with Gasteiger partial charge >= 0.3 is 5.97 Å². The monoisotopic (exact) mass is 339 g/mol. The molecule has 2 aromatic carbocycles. The zero-order valence-corrected chi connectivity index (χ0v) is 13.4. The molecule has 2 atom stereocenters. The van der Waals surface area contributed by atoms with Gasteiger partial charge in [-0.15, -0.1) is 0 Å². The maximum absolute atomic E-state index is 12.7. The van der Waals surface area contributed by atoms with Crippen LogP contribution in [0.2, 0.25) is 0 Å². The quantitative estimate of drug-likeness (QED) is 0.747. The number of carbonyl (C=O) groups is 2.